The van der Waals surface area contributed by atoms with Crippen molar-refractivity contribution in [3.63, 3.8) is 0 Å². The van der Waals surface area contributed by atoms with E-state index in [-0.39, 0.29) is 38.3 Å². The maximum Gasteiger partial charge on any atom is 0.308 e. The van der Waals surface area contributed by atoms with Crippen molar-refractivity contribution in [3.05, 3.63) is 54.4 Å². The van der Waals surface area contributed by atoms with Crippen LogP contribution in [-0.4, -0.2) is 197 Å². The minimum absolute atomic E-state index is 0.00670. The summed E-state index contributed by atoms with van der Waals surface area (Å²) in [6.45, 7) is 14.0. The number of ketones is 1. The Hall–Kier alpha value is -3.58. The molecule has 0 radical (unpaired) electrons. The van der Waals surface area contributed by atoms with Gasteiger partial charge in [0.25, 0.3) is 0 Å². The summed E-state index contributed by atoms with van der Waals surface area (Å²) >= 11 is 0. The molecule has 0 amide bonds. The standard InChI is InChI=1S/C54H83N3O17/c1-13-40-35(26-68-53-49(66-12)48(65-11)44(61)31(5)70-53)22-28(2)18-19-38(58)29(3)23-34(20-21-67-51-36-16-14-15-17-37(36)55-27-56-51)46(30(4)39(59)24-41(60)72-40)74-52-45(62)43(57(9)10)47(32(6)71-52)73-42-25-54(8,64)50(63)33(7)69-42/h14-19,22,27,29-35,39-40,42-50,52-53,59,61-64H,13,20-21,23-26H2,1-12H3/b19-18+,28-22+/t29-,30+,31-,32-,33+,34+,35-,39-,40-,42+,43-,44-,45-,46-,47-,48-,49-,50+,52+,53-,54-/m1/s1. The lowest BCUT2D eigenvalue weighted by Crippen LogP contribution is -2.65. The van der Waals surface area contributed by atoms with Crippen LogP contribution in [0.2, 0.25) is 0 Å². The lowest BCUT2D eigenvalue weighted by Gasteiger charge is -2.50. The maximum absolute atomic E-state index is 14.2. The van der Waals surface area contributed by atoms with Gasteiger partial charge in [-0.3, -0.25) is 9.59 Å². The van der Waals surface area contributed by atoms with E-state index in [1.807, 2.05) is 51.1 Å². The summed E-state index contributed by atoms with van der Waals surface area (Å²) in [6.07, 6.45) is -7.18. The summed E-state index contributed by atoms with van der Waals surface area (Å²) < 4.78 is 62.0. The van der Waals surface area contributed by atoms with Crippen LogP contribution in [0.5, 0.6) is 5.88 Å². The number of methoxy groups -OCH3 is 2. The molecule has 21 atom stereocenters. The normalized spacial score (nSPS) is 41.4. The largest absolute Gasteiger partial charge is 0.477 e. The number of rotatable bonds is 15. The molecule has 0 unspecified atom stereocenters. The van der Waals surface area contributed by atoms with Gasteiger partial charge in [0.2, 0.25) is 5.88 Å². The molecule has 2 aromatic rings. The number of fused-ring (bicyclic) bond motifs is 1. The second-order valence-electron chi connectivity index (χ2n) is 21.2. The number of nitrogens with zero attached hydrogens (tertiary/aromatic N) is 3. The fraction of sp³-hybridized carbons (Fsp3) is 0.741. The molecule has 0 spiro atoms. The van der Waals surface area contributed by atoms with Crippen LogP contribution in [-0.2, 0) is 52.2 Å². The highest BCUT2D eigenvalue weighted by molar-refractivity contribution is 5.91. The van der Waals surface area contributed by atoms with Gasteiger partial charge >= 0.3 is 5.97 Å². The third-order valence-corrected chi connectivity index (χ3v) is 15.2. The van der Waals surface area contributed by atoms with Crippen LogP contribution < -0.4 is 4.74 Å². The Bertz CT molecular complexity index is 2170. The number of carbonyl (C=O) groups is 2. The lowest BCUT2D eigenvalue weighted by molar-refractivity contribution is -0.342. The number of benzene rings is 1. The number of aliphatic hydroxyl groups excluding tert-OH is 4. The first kappa shape index (κ1) is 59.7. The predicted molar refractivity (Wildman–Crippen MR) is 269 cm³/mol. The molecule has 0 bridgehead atoms. The predicted octanol–water partition coefficient (Wildman–Crippen LogP) is 3.66. The zero-order chi connectivity index (χ0) is 54.2. The molecule has 1 aromatic carbocycles. The van der Waals surface area contributed by atoms with Crippen LogP contribution in [0, 0.1) is 23.7 Å². The molecule has 4 aliphatic heterocycles. The smallest absolute Gasteiger partial charge is 0.308 e. The highest BCUT2D eigenvalue weighted by Crippen LogP contribution is 2.38. The van der Waals surface area contributed by atoms with Gasteiger partial charge in [-0.05, 0) is 92.1 Å². The molecule has 0 aliphatic carbocycles. The van der Waals surface area contributed by atoms with E-state index in [0.29, 0.717) is 28.8 Å². The van der Waals surface area contributed by atoms with E-state index in [9.17, 15) is 35.1 Å². The minimum atomic E-state index is -1.50. The third-order valence-electron chi connectivity index (χ3n) is 15.2. The van der Waals surface area contributed by atoms with E-state index in [1.165, 1.54) is 33.5 Å². The number of cyclic esters (lactones) is 1. The van der Waals surface area contributed by atoms with Gasteiger partial charge in [0.15, 0.2) is 24.7 Å². The SMILES string of the molecule is CC[C@H]1OC(=O)C[C@@H](O)[C@H](C)[C@@H](O[C@@H]2O[C@H](C)[C@@H](O[C@H]3C[C@@](C)(O)[C@@H](O)[C@H](C)O3)[C@H](N(C)C)[C@H]2O)[C@@H](CCOc2ncnc3ccccc23)C[C@@H](C)C(=O)/C=C/C(C)=C/[C@@H]1CO[C@@H]1O[C@H](C)[C@@H](O)[C@@H](OC)[C@H]1OC. The van der Waals surface area contributed by atoms with Crippen molar-refractivity contribution < 1.29 is 82.5 Å². The Morgan fingerprint density at radius 1 is 0.838 bits per heavy atom. The Kier molecular flexibility index (Phi) is 21.5. The molecule has 74 heavy (non-hydrogen) atoms. The number of ether oxygens (including phenoxy) is 10. The van der Waals surface area contributed by atoms with Crippen LogP contribution in [0.3, 0.4) is 0 Å². The number of para-hydroxylation sites is 1. The summed E-state index contributed by atoms with van der Waals surface area (Å²) in [4.78, 5) is 38.9. The number of allylic oxidation sites excluding steroid dienone is 3. The van der Waals surface area contributed by atoms with Gasteiger partial charge in [-0.1, -0.05) is 50.6 Å². The lowest BCUT2D eigenvalue weighted by atomic mass is 9.79. The first-order chi connectivity index (χ1) is 35.1. The van der Waals surface area contributed by atoms with E-state index >= 15 is 0 Å². The van der Waals surface area contributed by atoms with Gasteiger partial charge in [0, 0.05) is 38.4 Å². The van der Waals surface area contributed by atoms with Crippen LogP contribution in [0.1, 0.15) is 87.5 Å². The zero-order valence-electron chi connectivity index (χ0n) is 45.1. The second-order valence-corrected chi connectivity index (χ2v) is 21.2. The summed E-state index contributed by atoms with van der Waals surface area (Å²) in [5.74, 6) is -3.00. The van der Waals surface area contributed by atoms with Gasteiger partial charge in [-0.25, -0.2) is 9.97 Å². The number of esters is 1. The van der Waals surface area contributed by atoms with Crippen molar-refractivity contribution in [2.45, 2.75) is 191 Å². The number of carbonyl (C=O) groups excluding carboxylic acids is 2. The van der Waals surface area contributed by atoms with Gasteiger partial charge in [-0.15, -0.1) is 0 Å². The highest BCUT2D eigenvalue weighted by atomic mass is 16.7. The third kappa shape index (κ3) is 14.5. The molecular formula is C54H83N3O17. The van der Waals surface area contributed by atoms with E-state index < -0.39 is 140 Å². The molecule has 20 heteroatoms. The topological polar surface area (TPSA) is 257 Å². The molecule has 4 aliphatic rings. The summed E-state index contributed by atoms with van der Waals surface area (Å²) in [6, 6.07) is 6.71. The first-order valence-electron chi connectivity index (χ1n) is 26.1. The quantitative estimate of drug-likeness (QED) is 0.160. The zero-order valence-corrected chi connectivity index (χ0v) is 45.1. The van der Waals surface area contributed by atoms with Crippen molar-refractivity contribution in [2.75, 3.05) is 41.5 Å². The van der Waals surface area contributed by atoms with Crippen LogP contribution in [0.15, 0.2) is 54.4 Å². The fourth-order valence-corrected chi connectivity index (χ4v) is 10.8. The molecule has 0 saturated carbocycles. The fourth-order valence-electron chi connectivity index (χ4n) is 10.8. The van der Waals surface area contributed by atoms with Crippen LogP contribution in [0.4, 0.5) is 0 Å². The Morgan fingerprint density at radius 2 is 1.54 bits per heavy atom. The Labute approximate surface area is 435 Å². The van der Waals surface area contributed by atoms with Crippen molar-refractivity contribution in [1.82, 2.24) is 14.9 Å². The number of aromatic nitrogens is 2. The summed E-state index contributed by atoms with van der Waals surface area (Å²) in [5.41, 5.74) is -0.101. The molecule has 5 N–H and O–H groups in total. The number of hydrogen-bond donors (Lipinski definition) is 5. The van der Waals surface area contributed by atoms with E-state index in [4.69, 9.17) is 47.4 Å². The summed E-state index contributed by atoms with van der Waals surface area (Å²) in [5, 5.41) is 57.6. The molecule has 6 rings (SSSR count). The van der Waals surface area contributed by atoms with E-state index in [0.717, 1.165) is 0 Å². The molecule has 20 nitrogen and oxygen atoms in total. The van der Waals surface area contributed by atoms with Crippen LogP contribution in [0.25, 0.3) is 10.9 Å². The number of hydrogen-bond acceptors (Lipinski definition) is 20. The van der Waals surface area contributed by atoms with Crippen molar-refractivity contribution >= 4 is 22.7 Å². The molecule has 3 saturated heterocycles. The van der Waals surface area contributed by atoms with Gasteiger partial charge < -0.3 is 77.8 Å². The summed E-state index contributed by atoms with van der Waals surface area (Å²) in [7, 11) is 6.51. The first-order valence-corrected chi connectivity index (χ1v) is 26.1. The second kappa shape index (κ2) is 26.7. The molecule has 5 heterocycles. The Morgan fingerprint density at radius 3 is 2.22 bits per heavy atom. The van der Waals surface area contributed by atoms with E-state index in [2.05, 4.69) is 9.97 Å². The van der Waals surface area contributed by atoms with Gasteiger partial charge in [0.1, 0.15) is 49.1 Å². The van der Waals surface area contributed by atoms with Crippen molar-refractivity contribution in [2.24, 2.45) is 23.7 Å². The van der Waals surface area contributed by atoms with Crippen molar-refractivity contribution in [3.8, 4) is 5.88 Å². The molecular weight excluding hydrogens is 963 g/mol. The average molecular weight is 1050 g/mol. The van der Waals surface area contributed by atoms with Gasteiger partial charge in [0.05, 0.1) is 72.7 Å². The van der Waals surface area contributed by atoms with Crippen molar-refractivity contribution in [1.29, 1.82) is 0 Å². The average Bonchev–Trinajstić information content (AvgIpc) is 3.35. The number of likely N-dealkylation sites (N-methyl/N-ethyl adjacent to an activating group) is 1. The molecule has 416 valence electrons. The van der Waals surface area contributed by atoms with Gasteiger partial charge in [-0.2, -0.15) is 0 Å². The van der Waals surface area contributed by atoms with Crippen LogP contribution >= 0.6 is 0 Å². The van der Waals surface area contributed by atoms with E-state index in [1.54, 1.807) is 52.8 Å². The number of aliphatic hydroxyl groups is 5. The molecule has 1 aromatic heterocycles. The Balaban J connectivity index is 1.31. The highest BCUT2D eigenvalue weighted by Gasteiger charge is 2.52. The maximum atomic E-state index is 14.2. The monoisotopic (exact) mass is 1050 g/mol. The molecule has 3 fully saturated rings. The minimum Gasteiger partial charge on any atom is -0.477 e.